The van der Waals surface area contributed by atoms with E-state index in [0.717, 1.165) is 15.5 Å². The Kier molecular flexibility index (Phi) is 7.98. The number of hydrogen-bond acceptors (Lipinski definition) is 5. The van der Waals surface area contributed by atoms with Gasteiger partial charge in [0, 0.05) is 19.2 Å². The normalized spacial score (nSPS) is 12.0. The summed E-state index contributed by atoms with van der Waals surface area (Å²) in [5, 5.41) is 2.46. The minimum absolute atomic E-state index is 0.180. The van der Waals surface area contributed by atoms with Crippen LogP contribution in [0.1, 0.15) is 12.5 Å². The number of carbonyl (C=O) groups excluding carboxylic acids is 2. The first-order valence-electron chi connectivity index (χ1n) is 9.45. The number of benzene rings is 2. The zero-order valence-electron chi connectivity index (χ0n) is 17.8. The van der Waals surface area contributed by atoms with Gasteiger partial charge in [0.05, 0.1) is 19.1 Å². The van der Waals surface area contributed by atoms with E-state index in [1.54, 1.807) is 24.3 Å². The summed E-state index contributed by atoms with van der Waals surface area (Å²) in [5.41, 5.74) is 0.383. The number of nitrogens with one attached hydrogen (secondary N) is 1. The maximum Gasteiger partial charge on any atom is 0.244 e. The summed E-state index contributed by atoms with van der Waals surface area (Å²) in [6.45, 7) is 0.698. The predicted octanol–water partition coefficient (Wildman–Crippen LogP) is 1.76. The van der Waals surface area contributed by atoms with Crippen LogP contribution in [0.15, 0.2) is 48.5 Å². The molecule has 168 valence electrons. The number of halogens is 1. The maximum absolute atomic E-state index is 14.2. The van der Waals surface area contributed by atoms with Gasteiger partial charge in [-0.2, -0.15) is 0 Å². The van der Waals surface area contributed by atoms with Crippen LogP contribution in [0.5, 0.6) is 5.75 Å². The van der Waals surface area contributed by atoms with Crippen LogP contribution in [-0.2, 0) is 26.2 Å². The number of methoxy groups -OCH3 is 1. The van der Waals surface area contributed by atoms with Crippen LogP contribution < -0.4 is 14.4 Å². The van der Waals surface area contributed by atoms with E-state index in [2.05, 4.69) is 5.32 Å². The number of hydrogen-bond donors (Lipinski definition) is 1. The highest BCUT2D eigenvalue weighted by Gasteiger charge is 2.31. The third kappa shape index (κ3) is 5.94. The molecule has 0 spiro atoms. The standard InChI is InChI=1S/C21H26FN3O5S/c1-15(21(27)23-2)24(13-16-9-5-6-10-17(16)22)20(26)14-25(31(4,28)29)18-11-7-8-12-19(18)30-3/h5-12,15H,13-14H2,1-4H3,(H,23,27). The minimum atomic E-state index is -3.88. The monoisotopic (exact) mass is 451 g/mol. The third-order valence-electron chi connectivity index (χ3n) is 4.75. The van der Waals surface area contributed by atoms with E-state index in [9.17, 15) is 22.4 Å². The Hall–Kier alpha value is -3.14. The molecule has 1 N–H and O–H groups in total. The molecule has 0 aliphatic heterocycles. The fourth-order valence-electron chi connectivity index (χ4n) is 3.03. The van der Waals surface area contributed by atoms with E-state index in [4.69, 9.17) is 4.74 Å². The molecule has 0 saturated carbocycles. The summed E-state index contributed by atoms with van der Waals surface area (Å²) < 4.78 is 45.3. The van der Waals surface area contributed by atoms with Crippen molar-refractivity contribution in [3.63, 3.8) is 0 Å². The molecule has 2 amide bonds. The van der Waals surface area contributed by atoms with E-state index in [0.29, 0.717) is 0 Å². The van der Waals surface area contributed by atoms with Crippen molar-refractivity contribution in [2.24, 2.45) is 0 Å². The Morgan fingerprint density at radius 2 is 1.74 bits per heavy atom. The van der Waals surface area contributed by atoms with Crippen molar-refractivity contribution in [1.82, 2.24) is 10.2 Å². The largest absolute Gasteiger partial charge is 0.495 e. The molecule has 2 aromatic rings. The van der Waals surface area contributed by atoms with Gasteiger partial charge in [-0.15, -0.1) is 0 Å². The van der Waals surface area contributed by atoms with E-state index in [-0.39, 0.29) is 23.5 Å². The number of carbonyl (C=O) groups is 2. The zero-order valence-corrected chi connectivity index (χ0v) is 18.6. The van der Waals surface area contributed by atoms with Crippen LogP contribution in [0.4, 0.5) is 10.1 Å². The highest BCUT2D eigenvalue weighted by atomic mass is 32.2. The number of sulfonamides is 1. The predicted molar refractivity (Wildman–Crippen MR) is 116 cm³/mol. The van der Waals surface area contributed by atoms with Gasteiger partial charge in [-0.1, -0.05) is 30.3 Å². The molecular weight excluding hydrogens is 425 g/mol. The summed E-state index contributed by atoms with van der Waals surface area (Å²) in [5.74, 6) is -1.40. The molecule has 0 fully saturated rings. The maximum atomic E-state index is 14.2. The number of anilines is 1. The molecule has 0 heterocycles. The fraction of sp³-hybridized carbons (Fsp3) is 0.333. The van der Waals surface area contributed by atoms with E-state index in [1.165, 1.54) is 45.3 Å². The molecule has 31 heavy (non-hydrogen) atoms. The molecule has 1 unspecified atom stereocenters. The van der Waals surface area contributed by atoms with Crippen LogP contribution in [0.25, 0.3) is 0 Å². The molecular formula is C21H26FN3O5S. The average molecular weight is 452 g/mol. The topological polar surface area (TPSA) is 96.0 Å². The molecule has 2 aromatic carbocycles. The summed E-state index contributed by atoms with van der Waals surface area (Å²) in [4.78, 5) is 26.6. The van der Waals surface area contributed by atoms with Crippen LogP contribution in [-0.4, -0.2) is 58.1 Å². The lowest BCUT2D eigenvalue weighted by Gasteiger charge is -2.31. The number of likely N-dealkylation sites (N-methyl/N-ethyl adjacent to an activating group) is 1. The molecule has 0 aliphatic carbocycles. The van der Waals surface area contributed by atoms with Gasteiger partial charge in [0.2, 0.25) is 21.8 Å². The van der Waals surface area contributed by atoms with Crippen molar-refractivity contribution in [2.75, 3.05) is 31.3 Å². The quantitative estimate of drug-likeness (QED) is 0.627. The van der Waals surface area contributed by atoms with Crippen LogP contribution in [0.3, 0.4) is 0 Å². The van der Waals surface area contributed by atoms with E-state index >= 15 is 0 Å². The highest BCUT2D eigenvalue weighted by molar-refractivity contribution is 7.92. The van der Waals surface area contributed by atoms with Crippen molar-refractivity contribution in [1.29, 1.82) is 0 Å². The number of amides is 2. The number of rotatable bonds is 9. The van der Waals surface area contributed by atoms with Crippen molar-refractivity contribution in [2.45, 2.75) is 19.5 Å². The Morgan fingerprint density at radius 3 is 2.32 bits per heavy atom. The van der Waals surface area contributed by atoms with Crippen LogP contribution in [0.2, 0.25) is 0 Å². The lowest BCUT2D eigenvalue weighted by atomic mass is 10.1. The Bertz CT molecular complexity index is 1040. The second-order valence-corrected chi connectivity index (χ2v) is 8.75. The van der Waals surface area contributed by atoms with Crippen molar-refractivity contribution < 1.29 is 27.1 Å². The fourth-order valence-corrected chi connectivity index (χ4v) is 3.89. The molecule has 0 radical (unpaired) electrons. The smallest absolute Gasteiger partial charge is 0.244 e. The van der Waals surface area contributed by atoms with Gasteiger partial charge in [-0.25, -0.2) is 12.8 Å². The third-order valence-corrected chi connectivity index (χ3v) is 5.87. The first kappa shape index (κ1) is 24.1. The van der Waals surface area contributed by atoms with Gasteiger partial charge in [0.15, 0.2) is 0 Å². The summed E-state index contributed by atoms with van der Waals surface area (Å²) in [7, 11) is -1.07. The first-order chi connectivity index (χ1) is 14.6. The van der Waals surface area contributed by atoms with E-state index < -0.39 is 40.2 Å². The molecule has 0 saturated heterocycles. The zero-order chi connectivity index (χ0) is 23.2. The summed E-state index contributed by atoms with van der Waals surface area (Å²) in [6.07, 6.45) is 0.968. The first-order valence-corrected chi connectivity index (χ1v) is 11.3. The van der Waals surface area contributed by atoms with Crippen LogP contribution >= 0.6 is 0 Å². The number of nitrogens with zero attached hydrogens (tertiary/aromatic N) is 2. The lowest BCUT2D eigenvalue weighted by Crippen LogP contribution is -2.50. The van der Waals surface area contributed by atoms with Crippen LogP contribution in [0, 0.1) is 5.82 Å². The number of ether oxygens (including phenoxy) is 1. The number of para-hydroxylation sites is 2. The van der Waals surface area contributed by atoms with Gasteiger partial charge in [-0.3, -0.25) is 13.9 Å². The Balaban J connectivity index is 2.44. The van der Waals surface area contributed by atoms with E-state index in [1.807, 2.05) is 0 Å². The molecule has 0 aromatic heterocycles. The Labute approximate surface area is 181 Å². The highest BCUT2D eigenvalue weighted by Crippen LogP contribution is 2.29. The second kappa shape index (κ2) is 10.3. The van der Waals surface area contributed by atoms with Crippen molar-refractivity contribution >= 4 is 27.5 Å². The molecule has 0 bridgehead atoms. The molecule has 1 atom stereocenters. The Morgan fingerprint density at radius 1 is 1.13 bits per heavy atom. The molecule has 2 rings (SSSR count). The second-order valence-electron chi connectivity index (χ2n) is 6.84. The summed E-state index contributed by atoms with van der Waals surface area (Å²) in [6, 6.07) is 11.3. The molecule has 10 heteroatoms. The van der Waals surface area contributed by atoms with Gasteiger partial charge >= 0.3 is 0 Å². The van der Waals surface area contributed by atoms with Crippen molar-refractivity contribution in [3.05, 3.63) is 59.9 Å². The minimum Gasteiger partial charge on any atom is -0.495 e. The molecule has 8 nitrogen and oxygen atoms in total. The SMILES string of the molecule is CNC(=O)C(C)N(Cc1ccccc1F)C(=O)CN(c1ccccc1OC)S(C)(=O)=O. The van der Waals surface area contributed by atoms with Gasteiger partial charge in [0.1, 0.15) is 24.2 Å². The van der Waals surface area contributed by atoms with Gasteiger partial charge in [-0.05, 0) is 25.1 Å². The summed E-state index contributed by atoms with van der Waals surface area (Å²) >= 11 is 0. The van der Waals surface area contributed by atoms with Gasteiger partial charge < -0.3 is 15.0 Å². The average Bonchev–Trinajstić information content (AvgIpc) is 2.74. The van der Waals surface area contributed by atoms with Crippen molar-refractivity contribution in [3.8, 4) is 5.75 Å². The molecule has 0 aliphatic rings. The van der Waals surface area contributed by atoms with Gasteiger partial charge in [0.25, 0.3) is 0 Å². The lowest BCUT2D eigenvalue weighted by molar-refractivity contribution is -0.139.